The van der Waals surface area contributed by atoms with Crippen LogP contribution in [0.5, 0.6) is 0 Å². The second-order valence-electron chi connectivity index (χ2n) is 5.71. The summed E-state index contributed by atoms with van der Waals surface area (Å²) in [5.74, 6) is 0. The Hall–Kier alpha value is -2.25. The minimum Gasteiger partial charge on any atom is -0.379 e. The minimum absolute atomic E-state index is 0.208. The number of nitrogens with one attached hydrogen (secondary N) is 1. The lowest BCUT2D eigenvalue weighted by molar-refractivity contribution is 0.668. The largest absolute Gasteiger partial charge is 0.379 e. The number of fused-ring (bicyclic) bond motifs is 1. The van der Waals surface area contributed by atoms with Crippen LogP contribution in [0.15, 0.2) is 90.2 Å². The predicted molar refractivity (Wildman–Crippen MR) is 107 cm³/mol. The summed E-state index contributed by atoms with van der Waals surface area (Å²) in [7, 11) is 0. The highest BCUT2D eigenvalue weighted by molar-refractivity contribution is 6.31. The molecular weight excluding hydrogens is 314 g/mol. The maximum atomic E-state index is 5.91. The lowest BCUT2D eigenvalue weighted by atomic mass is 10.0. The van der Waals surface area contributed by atoms with Crippen LogP contribution in [0.3, 0.4) is 0 Å². The minimum atomic E-state index is 0.208. The highest BCUT2D eigenvalue weighted by Crippen LogP contribution is 2.20. The Bertz CT molecular complexity index is 783. The number of benzene rings is 2. The fraction of sp³-hybridized carbons (Fsp3) is 0.182. The molecule has 0 saturated carbocycles. The van der Waals surface area contributed by atoms with Crippen molar-refractivity contribution in [3.63, 3.8) is 0 Å². The van der Waals surface area contributed by atoms with E-state index in [2.05, 4.69) is 67.4 Å². The summed E-state index contributed by atoms with van der Waals surface area (Å²) in [4.78, 5) is 0. The quantitative estimate of drug-likeness (QED) is 0.558. The van der Waals surface area contributed by atoms with Crippen molar-refractivity contribution in [2.24, 2.45) is 0 Å². The lowest BCUT2D eigenvalue weighted by Gasteiger charge is -2.16. The van der Waals surface area contributed by atoms with Crippen molar-refractivity contribution in [3.8, 4) is 0 Å². The molecule has 124 valence electrons. The van der Waals surface area contributed by atoms with E-state index in [0.717, 1.165) is 17.2 Å². The van der Waals surface area contributed by atoms with Gasteiger partial charge in [-0.05, 0) is 54.8 Å². The van der Waals surface area contributed by atoms with E-state index in [-0.39, 0.29) is 6.04 Å². The average Bonchev–Trinajstić information content (AvgIpc) is 2.60. The molecule has 2 heteroatoms. The number of halogens is 1. The third-order valence-electron chi connectivity index (χ3n) is 3.82. The molecule has 0 radical (unpaired) electrons. The van der Waals surface area contributed by atoms with Crippen molar-refractivity contribution in [1.82, 2.24) is 5.32 Å². The Balaban J connectivity index is 1.91. The van der Waals surface area contributed by atoms with Gasteiger partial charge in [0.2, 0.25) is 0 Å². The zero-order valence-corrected chi connectivity index (χ0v) is 15.1. The molecule has 1 atom stereocenters. The van der Waals surface area contributed by atoms with Crippen molar-refractivity contribution in [2.45, 2.75) is 26.3 Å². The summed E-state index contributed by atoms with van der Waals surface area (Å²) < 4.78 is 0. The molecule has 1 unspecified atom stereocenters. The third kappa shape index (κ3) is 5.43. The first kappa shape index (κ1) is 18.1. The van der Waals surface area contributed by atoms with Crippen LogP contribution in [-0.4, -0.2) is 0 Å². The van der Waals surface area contributed by atoms with E-state index >= 15 is 0 Å². The number of rotatable bonds is 7. The molecule has 2 aromatic carbocycles. The Morgan fingerprint density at radius 1 is 1.12 bits per heavy atom. The zero-order valence-electron chi connectivity index (χ0n) is 14.3. The summed E-state index contributed by atoms with van der Waals surface area (Å²) in [5.41, 5.74) is 2.16. The Labute approximate surface area is 150 Å². The van der Waals surface area contributed by atoms with Gasteiger partial charge in [0, 0.05) is 16.8 Å². The predicted octanol–water partition coefficient (Wildman–Crippen LogP) is 6.65. The summed E-state index contributed by atoms with van der Waals surface area (Å²) in [6.07, 6.45) is 10.7. The molecule has 0 aliphatic carbocycles. The van der Waals surface area contributed by atoms with Gasteiger partial charge < -0.3 is 5.32 Å². The van der Waals surface area contributed by atoms with Gasteiger partial charge in [-0.2, -0.15) is 0 Å². The molecule has 0 bridgehead atoms. The van der Waals surface area contributed by atoms with Crippen molar-refractivity contribution < 1.29 is 0 Å². The highest BCUT2D eigenvalue weighted by atomic mass is 35.5. The monoisotopic (exact) mass is 337 g/mol. The lowest BCUT2D eigenvalue weighted by Crippen LogP contribution is -2.16. The molecule has 0 aromatic heterocycles. The fourth-order valence-corrected chi connectivity index (χ4v) is 2.54. The van der Waals surface area contributed by atoms with Gasteiger partial charge in [0.1, 0.15) is 0 Å². The molecule has 0 spiro atoms. The second kappa shape index (κ2) is 9.14. The average molecular weight is 338 g/mol. The third-order valence-corrected chi connectivity index (χ3v) is 4.16. The van der Waals surface area contributed by atoms with E-state index in [1.165, 1.54) is 16.3 Å². The van der Waals surface area contributed by atoms with Gasteiger partial charge in [0.15, 0.2) is 0 Å². The molecule has 24 heavy (non-hydrogen) atoms. The molecule has 0 saturated heterocycles. The summed E-state index contributed by atoms with van der Waals surface area (Å²) in [6, 6.07) is 15.2. The van der Waals surface area contributed by atoms with E-state index in [1.807, 2.05) is 31.2 Å². The van der Waals surface area contributed by atoms with Crippen LogP contribution < -0.4 is 5.32 Å². The maximum absolute atomic E-state index is 5.91. The number of hydrogen-bond acceptors (Lipinski definition) is 1. The summed E-state index contributed by atoms with van der Waals surface area (Å²) >= 11 is 5.91. The van der Waals surface area contributed by atoms with Gasteiger partial charge in [-0.3, -0.25) is 0 Å². The molecule has 0 amide bonds. The van der Waals surface area contributed by atoms with Crippen molar-refractivity contribution in [3.05, 3.63) is 95.7 Å². The molecule has 0 fully saturated rings. The van der Waals surface area contributed by atoms with E-state index in [0.29, 0.717) is 0 Å². The van der Waals surface area contributed by atoms with Gasteiger partial charge in [0.25, 0.3) is 0 Å². The van der Waals surface area contributed by atoms with Crippen molar-refractivity contribution in [2.75, 3.05) is 0 Å². The van der Waals surface area contributed by atoms with Crippen molar-refractivity contribution in [1.29, 1.82) is 0 Å². The van der Waals surface area contributed by atoms with Crippen LogP contribution >= 0.6 is 11.6 Å². The zero-order chi connectivity index (χ0) is 17.4. The SMILES string of the molecule is C=C(/C=C/C/C=C\C(Cl)=C/C)NC(C)c1ccc2ccccc2c1. The van der Waals surface area contributed by atoms with Crippen LogP contribution in [0.25, 0.3) is 10.8 Å². The number of hydrogen-bond donors (Lipinski definition) is 1. The summed E-state index contributed by atoms with van der Waals surface area (Å²) in [6.45, 7) is 8.14. The fourth-order valence-electron chi connectivity index (χ4n) is 2.45. The van der Waals surface area contributed by atoms with E-state index in [4.69, 9.17) is 11.6 Å². The highest BCUT2D eigenvalue weighted by Gasteiger charge is 2.05. The topological polar surface area (TPSA) is 12.0 Å². The summed E-state index contributed by atoms with van der Waals surface area (Å²) in [5, 5.41) is 6.71. The van der Waals surface area contributed by atoms with Gasteiger partial charge in [-0.15, -0.1) is 0 Å². The Kier molecular flexibility index (Phi) is 6.89. The van der Waals surface area contributed by atoms with E-state index < -0.39 is 0 Å². The van der Waals surface area contributed by atoms with Gasteiger partial charge >= 0.3 is 0 Å². The Morgan fingerprint density at radius 3 is 2.58 bits per heavy atom. The van der Waals surface area contributed by atoms with E-state index in [9.17, 15) is 0 Å². The van der Waals surface area contributed by atoms with Crippen LogP contribution in [0.4, 0.5) is 0 Å². The van der Waals surface area contributed by atoms with Crippen LogP contribution in [0, 0.1) is 0 Å². The second-order valence-corrected chi connectivity index (χ2v) is 6.15. The molecule has 2 aromatic rings. The van der Waals surface area contributed by atoms with Crippen LogP contribution in [0.1, 0.15) is 31.9 Å². The molecule has 0 aliphatic heterocycles. The van der Waals surface area contributed by atoms with Crippen LogP contribution in [-0.2, 0) is 0 Å². The Morgan fingerprint density at radius 2 is 1.83 bits per heavy atom. The molecule has 0 aliphatic rings. The normalized spacial score (nSPS) is 13.7. The maximum Gasteiger partial charge on any atom is 0.0485 e. The van der Waals surface area contributed by atoms with E-state index in [1.54, 1.807) is 0 Å². The smallest absolute Gasteiger partial charge is 0.0485 e. The van der Waals surface area contributed by atoms with Gasteiger partial charge in [-0.25, -0.2) is 0 Å². The van der Waals surface area contributed by atoms with Crippen LogP contribution in [0.2, 0.25) is 0 Å². The molecule has 1 nitrogen and oxygen atoms in total. The first-order valence-electron chi connectivity index (χ1n) is 8.19. The van der Waals surface area contributed by atoms with Crippen molar-refractivity contribution >= 4 is 22.4 Å². The van der Waals surface area contributed by atoms with Gasteiger partial charge in [-0.1, -0.05) is 72.8 Å². The van der Waals surface area contributed by atoms with Gasteiger partial charge in [0.05, 0.1) is 0 Å². The molecule has 0 heterocycles. The molecule has 2 rings (SSSR count). The molecule has 1 N–H and O–H groups in total. The first-order chi connectivity index (χ1) is 11.6. The number of allylic oxidation sites excluding steroid dienone is 6. The standard InChI is InChI=1S/C22H24ClN/c1-4-22(23)13-7-5-6-10-17(2)24-18(3)20-15-14-19-11-8-9-12-21(19)16-20/h4,6-16,18,24H,2,5H2,1,3H3/b10-6+,13-7-,22-4+. The first-order valence-corrected chi connectivity index (χ1v) is 8.57. The molecular formula is C22H24ClN.